The van der Waals surface area contributed by atoms with Crippen molar-refractivity contribution in [3.05, 3.63) is 76.4 Å². The van der Waals surface area contributed by atoms with Crippen LogP contribution in [0.4, 0.5) is 10.1 Å². The molecule has 39 heavy (non-hydrogen) atoms. The highest BCUT2D eigenvalue weighted by molar-refractivity contribution is 6.36. The Morgan fingerprint density at radius 1 is 1.03 bits per heavy atom. The quantitative estimate of drug-likeness (QED) is 0.423. The van der Waals surface area contributed by atoms with E-state index in [0.717, 1.165) is 18.7 Å². The summed E-state index contributed by atoms with van der Waals surface area (Å²) >= 11 is 0. The van der Waals surface area contributed by atoms with Gasteiger partial charge in [-0.15, -0.1) is 0 Å². The molecule has 1 aromatic heterocycles. The Labute approximate surface area is 226 Å². The number of halogens is 1. The van der Waals surface area contributed by atoms with Crippen molar-refractivity contribution in [2.24, 2.45) is 0 Å². The van der Waals surface area contributed by atoms with E-state index in [1.807, 2.05) is 18.7 Å². The normalized spacial score (nSPS) is 16.4. The van der Waals surface area contributed by atoms with Gasteiger partial charge in [0.1, 0.15) is 5.82 Å². The predicted octanol–water partition coefficient (Wildman–Crippen LogP) is 3.82. The molecule has 0 aliphatic carbocycles. The van der Waals surface area contributed by atoms with E-state index < -0.39 is 0 Å². The van der Waals surface area contributed by atoms with Crippen LogP contribution in [0.2, 0.25) is 0 Å². The first-order chi connectivity index (χ1) is 18.7. The van der Waals surface area contributed by atoms with Gasteiger partial charge in [-0.1, -0.05) is 30.3 Å². The van der Waals surface area contributed by atoms with Gasteiger partial charge < -0.3 is 20.5 Å². The molecular weight excluding hydrogens is 497 g/mol. The van der Waals surface area contributed by atoms with Gasteiger partial charge in [0.25, 0.3) is 11.8 Å². The van der Waals surface area contributed by atoms with Crippen molar-refractivity contribution in [3.63, 3.8) is 0 Å². The van der Waals surface area contributed by atoms with Crippen molar-refractivity contribution in [3.8, 4) is 11.1 Å². The third-order valence-electron chi connectivity index (χ3n) is 7.51. The van der Waals surface area contributed by atoms with Crippen LogP contribution >= 0.6 is 0 Å². The zero-order chi connectivity index (χ0) is 27.7. The molecule has 0 atom stereocenters. The minimum atomic E-state index is -0.365. The number of nitrogens with one attached hydrogen (secondary N) is 3. The second-order valence-corrected chi connectivity index (χ2v) is 9.99. The lowest BCUT2D eigenvalue weighted by atomic mass is 9.94. The number of anilines is 1. The summed E-state index contributed by atoms with van der Waals surface area (Å²) in [5.74, 6) is -0.738. The van der Waals surface area contributed by atoms with Gasteiger partial charge in [-0.25, -0.2) is 4.39 Å². The molecular formula is C30H32FN5O3. The van der Waals surface area contributed by atoms with Crippen LogP contribution in [-0.2, 0) is 9.59 Å². The molecule has 2 aliphatic rings. The van der Waals surface area contributed by atoms with E-state index >= 15 is 0 Å². The van der Waals surface area contributed by atoms with E-state index in [9.17, 15) is 18.8 Å². The summed E-state index contributed by atoms with van der Waals surface area (Å²) in [6.45, 7) is 9.43. The second kappa shape index (κ2) is 10.9. The molecule has 202 valence electrons. The molecule has 2 aliphatic heterocycles. The van der Waals surface area contributed by atoms with Gasteiger partial charge in [-0.3, -0.25) is 19.3 Å². The average molecular weight is 530 g/mol. The summed E-state index contributed by atoms with van der Waals surface area (Å²) in [6, 6.07) is 11.9. The standard InChI is InChI=1S/C30H32FN5O3/c1-18-26(33-19(2)27(18)30(39)32-11-12-35-13-15-36(16-14-35)20(3)37)17-23-28-22(21-7-4-5-9-24(21)31)8-6-10-25(28)34-29(23)38/h4-10,17,33H,11-16H2,1-3H3,(H,32,39)(H,34,38)/b23-17-. The van der Waals surface area contributed by atoms with Crippen LogP contribution in [0.1, 0.15) is 39.8 Å². The maximum absolute atomic E-state index is 14.7. The van der Waals surface area contributed by atoms with Crippen molar-refractivity contribution >= 4 is 35.1 Å². The number of fused-ring (bicyclic) bond motifs is 1. The minimum Gasteiger partial charge on any atom is -0.358 e. The van der Waals surface area contributed by atoms with Crippen LogP contribution in [0, 0.1) is 19.7 Å². The summed E-state index contributed by atoms with van der Waals surface area (Å²) in [5, 5.41) is 5.89. The number of benzene rings is 2. The van der Waals surface area contributed by atoms with E-state index in [2.05, 4.69) is 20.5 Å². The molecule has 0 radical (unpaired) electrons. The van der Waals surface area contributed by atoms with E-state index in [1.165, 1.54) is 6.07 Å². The third-order valence-corrected chi connectivity index (χ3v) is 7.51. The summed E-state index contributed by atoms with van der Waals surface area (Å²) in [7, 11) is 0. The molecule has 0 spiro atoms. The number of carbonyl (C=O) groups excluding carboxylic acids is 3. The molecule has 2 aromatic carbocycles. The Morgan fingerprint density at radius 2 is 1.74 bits per heavy atom. The number of H-pyrrole nitrogens is 1. The first kappa shape index (κ1) is 26.4. The fraction of sp³-hybridized carbons (Fsp3) is 0.300. The topological polar surface area (TPSA) is 97.5 Å². The summed E-state index contributed by atoms with van der Waals surface area (Å²) in [6.07, 6.45) is 1.74. The summed E-state index contributed by atoms with van der Waals surface area (Å²) in [4.78, 5) is 45.0. The van der Waals surface area contributed by atoms with Crippen LogP contribution in [0.5, 0.6) is 0 Å². The SMILES string of the molecule is CC(=O)N1CCN(CCNC(=O)c2c(C)[nH]c(/C=C3\C(=O)Nc4cccc(-c5ccccc5F)c43)c2C)CC1. The molecule has 1 saturated heterocycles. The highest BCUT2D eigenvalue weighted by atomic mass is 19.1. The number of carbonyl (C=O) groups is 3. The fourth-order valence-corrected chi connectivity index (χ4v) is 5.40. The van der Waals surface area contributed by atoms with Crippen molar-refractivity contribution < 1.29 is 18.8 Å². The smallest absolute Gasteiger partial charge is 0.256 e. The fourth-order valence-electron chi connectivity index (χ4n) is 5.40. The second-order valence-electron chi connectivity index (χ2n) is 9.99. The Morgan fingerprint density at radius 3 is 2.46 bits per heavy atom. The van der Waals surface area contributed by atoms with Gasteiger partial charge in [-0.05, 0) is 43.2 Å². The minimum absolute atomic E-state index is 0.0918. The Kier molecular flexibility index (Phi) is 7.34. The number of amides is 3. The van der Waals surface area contributed by atoms with Gasteiger partial charge >= 0.3 is 0 Å². The first-order valence-corrected chi connectivity index (χ1v) is 13.1. The number of aromatic amines is 1. The summed E-state index contributed by atoms with van der Waals surface area (Å²) in [5.41, 5.74) is 5.33. The monoisotopic (exact) mass is 529 g/mol. The average Bonchev–Trinajstić information content (AvgIpc) is 3.38. The summed E-state index contributed by atoms with van der Waals surface area (Å²) < 4.78 is 14.7. The molecule has 3 amide bonds. The molecule has 3 N–H and O–H groups in total. The van der Waals surface area contributed by atoms with Gasteiger partial charge in [0, 0.05) is 74.4 Å². The molecule has 0 saturated carbocycles. The molecule has 0 bridgehead atoms. The Hall–Kier alpha value is -4.24. The number of aryl methyl sites for hydroxylation is 1. The number of rotatable bonds is 6. The number of aromatic nitrogens is 1. The molecule has 0 unspecified atom stereocenters. The van der Waals surface area contributed by atoms with Gasteiger partial charge in [0.05, 0.1) is 11.1 Å². The van der Waals surface area contributed by atoms with E-state index in [-0.39, 0.29) is 23.5 Å². The number of nitrogens with zero attached hydrogens (tertiary/aromatic N) is 2. The van der Waals surface area contributed by atoms with E-state index in [1.54, 1.807) is 49.4 Å². The number of hydrogen-bond donors (Lipinski definition) is 3. The molecule has 9 heteroatoms. The van der Waals surface area contributed by atoms with E-state index in [4.69, 9.17) is 0 Å². The number of hydrogen-bond acceptors (Lipinski definition) is 4. The first-order valence-electron chi connectivity index (χ1n) is 13.1. The van der Waals surface area contributed by atoms with Crippen molar-refractivity contribution in [1.82, 2.24) is 20.1 Å². The van der Waals surface area contributed by atoms with Crippen LogP contribution in [0.3, 0.4) is 0 Å². The lowest BCUT2D eigenvalue weighted by Crippen LogP contribution is -2.49. The lowest BCUT2D eigenvalue weighted by molar-refractivity contribution is -0.130. The van der Waals surface area contributed by atoms with Gasteiger partial charge in [-0.2, -0.15) is 0 Å². The van der Waals surface area contributed by atoms with Gasteiger partial charge in [0.15, 0.2) is 0 Å². The Bertz CT molecular complexity index is 1480. The molecule has 1 fully saturated rings. The predicted molar refractivity (Wildman–Crippen MR) is 150 cm³/mol. The Balaban J connectivity index is 1.35. The largest absolute Gasteiger partial charge is 0.358 e. The molecule has 3 heterocycles. The maximum Gasteiger partial charge on any atom is 0.256 e. The van der Waals surface area contributed by atoms with Crippen molar-refractivity contribution in [1.29, 1.82) is 0 Å². The van der Waals surface area contributed by atoms with Crippen molar-refractivity contribution in [2.75, 3.05) is 44.6 Å². The third kappa shape index (κ3) is 5.22. The molecule has 5 rings (SSSR count). The number of piperazine rings is 1. The highest BCUT2D eigenvalue weighted by Gasteiger charge is 2.29. The maximum atomic E-state index is 14.7. The zero-order valence-corrected chi connectivity index (χ0v) is 22.4. The van der Waals surface area contributed by atoms with Crippen LogP contribution in [0.25, 0.3) is 22.8 Å². The van der Waals surface area contributed by atoms with Gasteiger partial charge in [0.2, 0.25) is 5.91 Å². The molecule has 3 aromatic rings. The highest BCUT2D eigenvalue weighted by Crippen LogP contribution is 2.41. The van der Waals surface area contributed by atoms with Crippen LogP contribution in [-0.4, -0.2) is 71.8 Å². The molecule has 8 nitrogen and oxygen atoms in total. The van der Waals surface area contributed by atoms with Crippen LogP contribution in [0.15, 0.2) is 42.5 Å². The van der Waals surface area contributed by atoms with E-state index in [0.29, 0.717) is 71.1 Å². The van der Waals surface area contributed by atoms with Crippen LogP contribution < -0.4 is 10.6 Å². The zero-order valence-electron chi connectivity index (χ0n) is 22.4. The van der Waals surface area contributed by atoms with Crippen molar-refractivity contribution in [2.45, 2.75) is 20.8 Å². The lowest BCUT2D eigenvalue weighted by Gasteiger charge is -2.34.